The molecule has 1 aromatic carbocycles. The highest BCUT2D eigenvalue weighted by Crippen LogP contribution is 2.34. The molecule has 1 atom stereocenters. The molecule has 1 aliphatic rings. The largest absolute Gasteiger partial charge is 0.416 e. The van der Waals surface area contributed by atoms with Crippen LogP contribution < -0.4 is 5.73 Å². The molecule has 0 amide bonds. The number of nitrogens with two attached hydrogens (primary N) is 1. The van der Waals surface area contributed by atoms with Crippen molar-refractivity contribution in [1.29, 1.82) is 0 Å². The van der Waals surface area contributed by atoms with Gasteiger partial charge in [-0.05, 0) is 24.6 Å². The molecule has 6 heteroatoms. The van der Waals surface area contributed by atoms with Gasteiger partial charge >= 0.3 is 6.18 Å². The lowest BCUT2D eigenvalue weighted by atomic mass is 10.2. The molecule has 90 valence electrons. The Labute approximate surface area is 95.0 Å². The molecule has 2 heterocycles. The molecule has 17 heavy (non-hydrogen) atoms. The summed E-state index contributed by atoms with van der Waals surface area (Å²) in [6, 6.07) is 3.42. The van der Waals surface area contributed by atoms with Crippen molar-refractivity contribution in [3.05, 3.63) is 29.6 Å². The second-order valence-electron chi connectivity index (χ2n) is 4.22. The molecule has 2 aromatic rings. The lowest BCUT2D eigenvalue weighted by Crippen LogP contribution is -2.06. The van der Waals surface area contributed by atoms with Gasteiger partial charge in [0.15, 0.2) is 0 Å². The molecule has 2 N–H and O–H groups in total. The van der Waals surface area contributed by atoms with Crippen LogP contribution in [0.2, 0.25) is 0 Å². The smallest absolute Gasteiger partial charge is 0.327 e. The van der Waals surface area contributed by atoms with Crippen LogP contribution in [-0.4, -0.2) is 9.55 Å². The van der Waals surface area contributed by atoms with Gasteiger partial charge < -0.3 is 10.3 Å². The van der Waals surface area contributed by atoms with Gasteiger partial charge in [0.05, 0.1) is 22.6 Å². The number of aryl methyl sites for hydroxylation is 1. The number of hydrogen-bond donors (Lipinski definition) is 1. The van der Waals surface area contributed by atoms with Crippen molar-refractivity contribution in [1.82, 2.24) is 9.55 Å². The van der Waals surface area contributed by atoms with Crippen molar-refractivity contribution in [2.45, 2.75) is 25.2 Å². The van der Waals surface area contributed by atoms with Gasteiger partial charge in [-0.2, -0.15) is 13.2 Å². The van der Waals surface area contributed by atoms with E-state index in [1.165, 1.54) is 6.07 Å². The Morgan fingerprint density at radius 3 is 2.82 bits per heavy atom. The number of alkyl halides is 3. The first kappa shape index (κ1) is 10.6. The lowest BCUT2D eigenvalue weighted by molar-refractivity contribution is -0.137. The quantitative estimate of drug-likeness (QED) is 0.770. The highest BCUT2D eigenvalue weighted by atomic mass is 19.4. The van der Waals surface area contributed by atoms with Crippen LogP contribution in [0.5, 0.6) is 0 Å². The van der Waals surface area contributed by atoms with Crippen LogP contribution in [0.1, 0.15) is 23.9 Å². The molecule has 0 fully saturated rings. The summed E-state index contributed by atoms with van der Waals surface area (Å²) in [7, 11) is 0. The standard InChI is InChI=1S/C11H10F3N3/c12-11(13,14)6-1-2-8-9(5-6)17-4-3-7(15)10(17)16-8/h1-2,5,7H,3-4,15H2. The van der Waals surface area contributed by atoms with E-state index in [1.807, 2.05) is 0 Å². The third-order valence-electron chi connectivity index (χ3n) is 3.10. The van der Waals surface area contributed by atoms with Crippen molar-refractivity contribution in [3.8, 4) is 0 Å². The topological polar surface area (TPSA) is 43.8 Å². The van der Waals surface area contributed by atoms with E-state index in [4.69, 9.17) is 5.73 Å². The molecule has 1 unspecified atom stereocenters. The molecule has 3 nitrogen and oxygen atoms in total. The SMILES string of the molecule is NC1CCn2c1nc1ccc(C(F)(F)F)cc12. The third kappa shape index (κ3) is 1.51. The van der Waals surface area contributed by atoms with Gasteiger partial charge in [0, 0.05) is 6.54 Å². The number of fused-ring (bicyclic) bond motifs is 3. The Kier molecular flexibility index (Phi) is 2.01. The monoisotopic (exact) mass is 241 g/mol. The highest BCUT2D eigenvalue weighted by Gasteiger charge is 2.32. The number of rotatable bonds is 0. The minimum Gasteiger partial charge on any atom is -0.327 e. The Morgan fingerprint density at radius 1 is 1.35 bits per heavy atom. The van der Waals surface area contributed by atoms with Crippen LogP contribution >= 0.6 is 0 Å². The van der Waals surface area contributed by atoms with Crippen LogP contribution in [0.4, 0.5) is 13.2 Å². The summed E-state index contributed by atoms with van der Waals surface area (Å²) in [5.74, 6) is 0.680. The first-order valence-electron chi connectivity index (χ1n) is 5.30. The van der Waals surface area contributed by atoms with Crippen LogP contribution in [0, 0.1) is 0 Å². The maximum Gasteiger partial charge on any atom is 0.416 e. The van der Waals surface area contributed by atoms with Crippen LogP contribution in [0.25, 0.3) is 11.0 Å². The fourth-order valence-electron chi connectivity index (χ4n) is 2.23. The molecule has 0 aliphatic carbocycles. The molecule has 0 saturated heterocycles. The summed E-state index contributed by atoms with van der Waals surface area (Å²) in [5.41, 5.74) is 6.27. The van der Waals surface area contributed by atoms with E-state index in [0.717, 1.165) is 18.6 Å². The van der Waals surface area contributed by atoms with Crippen molar-refractivity contribution in [2.24, 2.45) is 5.73 Å². The van der Waals surface area contributed by atoms with Crippen molar-refractivity contribution >= 4 is 11.0 Å². The Balaban J connectivity index is 2.23. The molecule has 0 radical (unpaired) electrons. The van der Waals surface area contributed by atoms with Crippen molar-refractivity contribution in [2.75, 3.05) is 0 Å². The van der Waals surface area contributed by atoms with E-state index in [-0.39, 0.29) is 6.04 Å². The average Bonchev–Trinajstić information content (AvgIpc) is 2.77. The Hall–Kier alpha value is -1.56. The predicted octanol–water partition coefficient (Wildman–Crippen LogP) is 2.46. The summed E-state index contributed by atoms with van der Waals surface area (Å²) >= 11 is 0. The van der Waals surface area contributed by atoms with E-state index >= 15 is 0 Å². The zero-order valence-electron chi connectivity index (χ0n) is 8.83. The third-order valence-corrected chi connectivity index (χ3v) is 3.10. The molecule has 0 spiro atoms. The first-order chi connectivity index (χ1) is 7.97. The van der Waals surface area contributed by atoms with E-state index in [2.05, 4.69) is 4.98 Å². The van der Waals surface area contributed by atoms with Gasteiger partial charge in [0.1, 0.15) is 5.82 Å². The number of nitrogens with zero attached hydrogens (tertiary/aromatic N) is 2. The van der Waals surface area contributed by atoms with Gasteiger partial charge in [0.2, 0.25) is 0 Å². The first-order valence-corrected chi connectivity index (χ1v) is 5.30. The summed E-state index contributed by atoms with van der Waals surface area (Å²) in [4.78, 5) is 4.27. The molecule has 1 aliphatic heterocycles. The van der Waals surface area contributed by atoms with Crippen molar-refractivity contribution in [3.63, 3.8) is 0 Å². The van der Waals surface area contributed by atoms with Crippen LogP contribution in [0.15, 0.2) is 18.2 Å². The predicted molar refractivity (Wildman–Crippen MR) is 56.3 cm³/mol. The van der Waals surface area contributed by atoms with Gasteiger partial charge in [-0.25, -0.2) is 4.98 Å². The summed E-state index contributed by atoms with van der Waals surface area (Å²) < 4.78 is 39.6. The van der Waals surface area contributed by atoms with Crippen LogP contribution in [-0.2, 0) is 12.7 Å². The zero-order chi connectivity index (χ0) is 12.2. The van der Waals surface area contributed by atoms with E-state index < -0.39 is 11.7 Å². The fraction of sp³-hybridized carbons (Fsp3) is 0.364. The number of imidazole rings is 1. The van der Waals surface area contributed by atoms with Crippen LogP contribution in [0.3, 0.4) is 0 Å². The zero-order valence-corrected chi connectivity index (χ0v) is 8.83. The number of halogens is 3. The Bertz CT molecular complexity index is 585. The fourth-order valence-corrected chi connectivity index (χ4v) is 2.23. The highest BCUT2D eigenvalue weighted by molar-refractivity contribution is 5.77. The lowest BCUT2D eigenvalue weighted by Gasteiger charge is -2.06. The normalized spacial score (nSPS) is 19.9. The van der Waals surface area contributed by atoms with E-state index in [1.54, 1.807) is 4.57 Å². The molecule has 0 saturated carbocycles. The second kappa shape index (κ2) is 3.22. The Morgan fingerprint density at radius 2 is 2.12 bits per heavy atom. The summed E-state index contributed by atoms with van der Waals surface area (Å²) in [6.07, 6.45) is -3.59. The second-order valence-corrected chi connectivity index (χ2v) is 4.22. The molecule has 0 bridgehead atoms. The van der Waals surface area contributed by atoms with Gasteiger partial charge in [-0.15, -0.1) is 0 Å². The molecular formula is C11H10F3N3. The van der Waals surface area contributed by atoms with Gasteiger partial charge in [0.25, 0.3) is 0 Å². The maximum absolute atomic E-state index is 12.6. The van der Waals surface area contributed by atoms with Gasteiger partial charge in [-0.1, -0.05) is 0 Å². The average molecular weight is 241 g/mol. The number of aromatic nitrogens is 2. The van der Waals surface area contributed by atoms with Crippen molar-refractivity contribution < 1.29 is 13.2 Å². The minimum atomic E-state index is -4.32. The minimum absolute atomic E-state index is 0.170. The maximum atomic E-state index is 12.6. The summed E-state index contributed by atoms with van der Waals surface area (Å²) in [6.45, 7) is 0.633. The molecule has 1 aromatic heterocycles. The summed E-state index contributed by atoms with van der Waals surface area (Å²) in [5, 5.41) is 0. The molecular weight excluding hydrogens is 231 g/mol. The van der Waals surface area contributed by atoms with E-state index in [0.29, 0.717) is 23.4 Å². The number of benzene rings is 1. The van der Waals surface area contributed by atoms with E-state index in [9.17, 15) is 13.2 Å². The number of hydrogen-bond acceptors (Lipinski definition) is 2. The van der Waals surface area contributed by atoms with Gasteiger partial charge in [-0.3, -0.25) is 0 Å². The molecule has 3 rings (SSSR count).